The molecule has 1 amide bonds. The number of carbonyl (C=O) groups excluding carboxylic acids is 1. The minimum atomic E-state index is -0.346. The van der Waals surface area contributed by atoms with Crippen LogP contribution >= 0.6 is 31.9 Å². The molecule has 5 nitrogen and oxygen atoms in total. The number of halogens is 2. The van der Waals surface area contributed by atoms with Gasteiger partial charge in [0.2, 0.25) is 0 Å². The zero-order valence-corrected chi connectivity index (χ0v) is 16.2. The molecule has 0 atom stereocenters. The van der Waals surface area contributed by atoms with Crippen LogP contribution in [-0.2, 0) is 6.54 Å². The molecule has 0 aliphatic rings. The number of nitrogens with zero attached hydrogens (tertiary/aromatic N) is 3. The highest BCUT2D eigenvalue weighted by Crippen LogP contribution is 2.12. The standard InChI is InChI=1S/C18H14Br2N4O/c19-15-6-4-13(5-7-15)11-21-22-18(25)17-8-9-24(23-17)12-14-2-1-3-16(20)10-14/h1-11H,12H2,(H,22,25). The van der Waals surface area contributed by atoms with Gasteiger partial charge in [0, 0.05) is 15.1 Å². The molecule has 0 saturated carbocycles. The maximum atomic E-state index is 12.1. The monoisotopic (exact) mass is 460 g/mol. The fourth-order valence-corrected chi connectivity index (χ4v) is 2.88. The summed E-state index contributed by atoms with van der Waals surface area (Å²) in [6.45, 7) is 0.592. The Hall–Kier alpha value is -2.25. The highest BCUT2D eigenvalue weighted by molar-refractivity contribution is 9.10. The topological polar surface area (TPSA) is 59.3 Å². The Labute approximate surface area is 162 Å². The average molecular weight is 462 g/mol. The lowest BCUT2D eigenvalue weighted by Crippen LogP contribution is -2.18. The van der Waals surface area contributed by atoms with E-state index < -0.39 is 0 Å². The number of hydrazone groups is 1. The maximum absolute atomic E-state index is 12.1. The molecule has 126 valence electrons. The molecule has 3 aromatic rings. The lowest BCUT2D eigenvalue weighted by atomic mass is 10.2. The van der Waals surface area contributed by atoms with Crippen LogP contribution in [0.1, 0.15) is 21.6 Å². The maximum Gasteiger partial charge on any atom is 0.291 e. The van der Waals surface area contributed by atoms with Gasteiger partial charge in [-0.2, -0.15) is 10.2 Å². The minimum Gasteiger partial charge on any atom is -0.268 e. The Bertz CT molecular complexity index is 903. The summed E-state index contributed by atoms with van der Waals surface area (Å²) >= 11 is 6.81. The van der Waals surface area contributed by atoms with Crippen LogP contribution in [0.2, 0.25) is 0 Å². The molecule has 0 unspecified atom stereocenters. The van der Waals surface area contributed by atoms with Gasteiger partial charge in [0.05, 0.1) is 12.8 Å². The van der Waals surface area contributed by atoms with E-state index in [1.165, 1.54) is 0 Å². The van der Waals surface area contributed by atoms with Crippen LogP contribution in [0.5, 0.6) is 0 Å². The minimum absolute atomic E-state index is 0.322. The van der Waals surface area contributed by atoms with Gasteiger partial charge in [0.1, 0.15) is 0 Å². The van der Waals surface area contributed by atoms with Crippen LogP contribution < -0.4 is 5.43 Å². The van der Waals surface area contributed by atoms with E-state index in [2.05, 4.69) is 47.5 Å². The molecule has 3 rings (SSSR count). The number of amides is 1. The largest absolute Gasteiger partial charge is 0.291 e. The number of rotatable bonds is 5. The van der Waals surface area contributed by atoms with E-state index in [0.29, 0.717) is 12.2 Å². The first-order valence-corrected chi connectivity index (χ1v) is 9.05. The third-order valence-electron chi connectivity index (χ3n) is 3.36. The highest BCUT2D eigenvalue weighted by atomic mass is 79.9. The molecule has 0 aliphatic carbocycles. The Morgan fingerprint density at radius 3 is 2.68 bits per heavy atom. The van der Waals surface area contributed by atoms with Crippen LogP contribution in [0.15, 0.2) is 74.8 Å². The van der Waals surface area contributed by atoms with Crippen molar-refractivity contribution in [2.75, 3.05) is 0 Å². The van der Waals surface area contributed by atoms with E-state index in [1.54, 1.807) is 23.2 Å². The molecular formula is C18H14Br2N4O. The van der Waals surface area contributed by atoms with Crippen molar-refractivity contribution < 1.29 is 4.79 Å². The van der Waals surface area contributed by atoms with Crippen LogP contribution in [-0.4, -0.2) is 21.9 Å². The predicted molar refractivity (Wildman–Crippen MR) is 105 cm³/mol. The molecule has 0 saturated heterocycles. The number of hydrogen-bond acceptors (Lipinski definition) is 3. The van der Waals surface area contributed by atoms with Crippen LogP contribution in [0, 0.1) is 0 Å². The normalized spacial score (nSPS) is 11.0. The van der Waals surface area contributed by atoms with Gasteiger partial charge in [-0.05, 0) is 41.5 Å². The summed E-state index contributed by atoms with van der Waals surface area (Å²) in [5.74, 6) is -0.346. The summed E-state index contributed by atoms with van der Waals surface area (Å²) in [6.07, 6.45) is 3.36. The first kappa shape index (κ1) is 17.6. The summed E-state index contributed by atoms with van der Waals surface area (Å²) in [4.78, 5) is 12.1. The van der Waals surface area contributed by atoms with Crippen molar-refractivity contribution in [2.24, 2.45) is 5.10 Å². The Morgan fingerprint density at radius 2 is 1.92 bits per heavy atom. The Morgan fingerprint density at radius 1 is 1.12 bits per heavy atom. The van der Waals surface area contributed by atoms with Gasteiger partial charge in [-0.1, -0.05) is 56.1 Å². The van der Waals surface area contributed by atoms with Gasteiger partial charge in [-0.25, -0.2) is 5.43 Å². The molecule has 1 N–H and O–H groups in total. The molecule has 2 aromatic carbocycles. The van der Waals surface area contributed by atoms with Crippen LogP contribution in [0.3, 0.4) is 0 Å². The lowest BCUT2D eigenvalue weighted by molar-refractivity contribution is 0.0949. The Balaban J connectivity index is 1.59. The van der Waals surface area contributed by atoms with Gasteiger partial charge >= 0.3 is 0 Å². The van der Waals surface area contributed by atoms with Gasteiger partial charge in [0.15, 0.2) is 5.69 Å². The summed E-state index contributed by atoms with van der Waals surface area (Å²) in [5.41, 5.74) is 4.79. The molecule has 7 heteroatoms. The van der Waals surface area contributed by atoms with Crippen molar-refractivity contribution >= 4 is 44.0 Å². The lowest BCUT2D eigenvalue weighted by Gasteiger charge is -2.02. The molecule has 1 heterocycles. The van der Waals surface area contributed by atoms with Crippen molar-refractivity contribution in [1.29, 1.82) is 0 Å². The molecule has 0 bridgehead atoms. The molecule has 0 spiro atoms. The SMILES string of the molecule is O=C(NN=Cc1ccc(Br)cc1)c1ccn(Cc2cccc(Br)c2)n1. The number of aromatic nitrogens is 2. The number of carbonyl (C=O) groups is 1. The predicted octanol–water partition coefficient (Wildman–Crippen LogP) is 4.22. The summed E-state index contributed by atoms with van der Waals surface area (Å²) in [6, 6.07) is 17.2. The van der Waals surface area contributed by atoms with Crippen molar-refractivity contribution in [2.45, 2.75) is 6.54 Å². The van der Waals surface area contributed by atoms with Crippen molar-refractivity contribution in [1.82, 2.24) is 15.2 Å². The van der Waals surface area contributed by atoms with E-state index in [9.17, 15) is 4.79 Å². The fraction of sp³-hybridized carbons (Fsp3) is 0.0556. The van der Waals surface area contributed by atoms with E-state index in [4.69, 9.17) is 0 Å². The van der Waals surface area contributed by atoms with E-state index >= 15 is 0 Å². The summed E-state index contributed by atoms with van der Waals surface area (Å²) in [7, 11) is 0. The van der Waals surface area contributed by atoms with Crippen molar-refractivity contribution in [3.05, 3.63) is 86.6 Å². The van der Waals surface area contributed by atoms with E-state index in [0.717, 1.165) is 20.1 Å². The molecule has 0 aliphatic heterocycles. The quantitative estimate of drug-likeness (QED) is 0.456. The Kier molecular flexibility index (Phi) is 5.78. The smallest absolute Gasteiger partial charge is 0.268 e. The van der Waals surface area contributed by atoms with Gasteiger partial charge in [-0.15, -0.1) is 0 Å². The second kappa shape index (κ2) is 8.22. The molecule has 0 fully saturated rings. The van der Waals surface area contributed by atoms with Crippen molar-refractivity contribution in [3.63, 3.8) is 0 Å². The number of nitrogens with one attached hydrogen (secondary N) is 1. The van der Waals surface area contributed by atoms with Crippen LogP contribution in [0.4, 0.5) is 0 Å². The van der Waals surface area contributed by atoms with Crippen molar-refractivity contribution in [3.8, 4) is 0 Å². The zero-order valence-electron chi connectivity index (χ0n) is 13.1. The first-order chi connectivity index (χ1) is 12.1. The van der Waals surface area contributed by atoms with Gasteiger partial charge in [-0.3, -0.25) is 9.48 Å². The fourth-order valence-electron chi connectivity index (χ4n) is 2.16. The highest BCUT2D eigenvalue weighted by Gasteiger charge is 2.08. The number of benzene rings is 2. The first-order valence-electron chi connectivity index (χ1n) is 7.47. The van der Waals surface area contributed by atoms with Crippen LogP contribution in [0.25, 0.3) is 0 Å². The average Bonchev–Trinajstić information content (AvgIpc) is 3.05. The molecule has 0 radical (unpaired) electrons. The van der Waals surface area contributed by atoms with E-state index in [1.807, 2.05) is 48.5 Å². The summed E-state index contributed by atoms with van der Waals surface area (Å²) < 4.78 is 3.72. The van der Waals surface area contributed by atoms with E-state index in [-0.39, 0.29) is 5.91 Å². The molecule has 1 aromatic heterocycles. The van der Waals surface area contributed by atoms with Gasteiger partial charge < -0.3 is 0 Å². The number of hydrogen-bond donors (Lipinski definition) is 1. The molecule has 25 heavy (non-hydrogen) atoms. The summed E-state index contributed by atoms with van der Waals surface area (Å²) in [5, 5.41) is 8.24. The molecular weight excluding hydrogens is 448 g/mol. The second-order valence-corrected chi connectivity index (χ2v) is 7.11. The second-order valence-electron chi connectivity index (χ2n) is 5.28. The zero-order chi connectivity index (χ0) is 17.6. The third kappa shape index (κ3) is 5.11. The van der Waals surface area contributed by atoms with Gasteiger partial charge in [0.25, 0.3) is 5.91 Å². The third-order valence-corrected chi connectivity index (χ3v) is 4.38.